The van der Waals surface area contributed by atoms with Gasteiger partial charge in [0.15, 0.2) is 5.82 Å². The minimum absolute atomic E-state index is 0.0152. The number of carbonyl (C=O) groups is 1. The molecule has 0 aliphatic carbocycles. The molecule has 0 aromatic carbocycles. The van der Waals surface area contributed by atoms with Crippen molar-refractivity contribution >= 4 is 33.1 Å². The molecule has 0 bridgehead atoms. The average molecular weight is 301 g/mol. The molecule has 102 valence electrons. The van der Waals surface area contributed by atoms with Gasteiger partial charge in [-0.25, -0.2) is 13.2 Å². The third-order valence-corrected chi connectivity index (χ3v) is 5.36. The molecule has 2 rings (SSSR count). The first-order valence-corrected chi connectivity index (χ1v) is 7.46. The van der Waals surface area contributed by atoms with Crippen LogP contribution in [0, 0.1) is 6.92 Å². The minimum atomic E-state index is -3.81. The van der Waals surface area contributed by atoms with Gasteiger partial charge in [-0.2, -0.15) is 5.10 Å². The van der Waals surface area contributed by atoms with Crippen LogP contribution >= 0.6 is 11.3 Å². The summed E-state index contributed by atoms with van der Waals surface area (Å²) in [5, 5.41) is 12.8. The molecule has 0 radical (unpaired) electrons. The molecule has 0 spiro atoms. The largest absolute Gasteiger partial charge is 0.477 e. The summed E-state index contributed by atoms with van der Waals surface area (Å²) >= 11 is 0.716. The van der Waals surface area contributed by atoms with Crippen molar-refractivity contribution < 1.29 is 18.3 Å². The summed E-state index contributed by atoms with van der Waals surface area (Å²) in [6, 6.07) is 2.84. The number of thiophene rings is 1. The lowest BCUT2D eigenvalue weighted by atomic mass is 10.3. The molecule has 2 aromatic rings. The van der Waals surface area contributed by atoms with Crippen LogP contribution in [0.15, 0.2) is 22.5 Å². The Morgan fingerprint density at radius 2 is 2.21 bits per heavy atom. The maximum atomic E-state index is 12.1. The number of anilines is 1. The Labute approximate surface area is 113 Å². The molecule has 0 atom stereocenters. The van der Waals surface area contributed by atoms with Gasteiger partial charge in [-0.05, 0) is 18.6 Å². The number of hydrogen-bond acceptors (Lipinski definition) is 5. The number of nitrogens with zero attached hydrogens (tertiary/aromatic N) is 2. The fraction of sp³-hybridized carbons (Fsp3) is 0.200. The molecular weight excluding hydrogens is 290 g/mol. The normalized spacial score (nSPS) is 11.5. The lowest BCUT2D eigenvalue weighted by Crippen LogP contribution is -2.12. The van der Waals surface area contributed by atoms with Gasteiger partial charge in [0.2, 0.25) is 0 Å². The minimum Gasteiger partial charge on any atom is -0.477 e. The molecule has 0 saturated heterocycles. The first kappa shape index (κ1) is 13.6. The Kier molecular flexibility index (Phi) is 3.33. The van der Waals surface area contributed by atoms with Crippen molar-refractivity contribution in [3.63, 3.8) is 0 Å². The molecule has 2 heterocycles. The molecule has 0 saturated carbocycles. The fourth-order valence-corrected chi connectivity index (χ4v) is 3.83. The van der Waals surface area contributed by atoms with Gasteiger partial charge in [-0.3, -0.25) is 9.40 Å². The van der Waals surface area contributed by atoms with Gasteiger partial charge in [0, 0.05) is 19.3 Å². The van der Waals surface area contributed by atoms with E-state index in [1.54, 1.807) is 20.2 Å². The van der Waals surface area contributed by atoms with Crippen molar-refractivity contribution in [2.75, 3.05) is 4.72 Å². The standard InChI is InChI=1S/C10H11N3O4S2/c1-6-5-8(18-9(6)10(14)15)19(16,17)12-7-3-4-13(2)11-7/h3-5H,1-2H3,(H,11,12)(H,14,15). The van der Waals surface area contributed by atoms with E-state index < -0.39 is 16.0 Å². The van der Waals surface area contributed by atoms with Crippen molar-refractivity contribution in [2.45, 2.75) is 11.1 Å². The average Bonchev–Trinajstić information content (AvgIpc) is 2.84. The number of sulfonamides is 1. The summed E-state index contributed by atoms with van der Waals surface area (Å²) in [4.78, 5) is 10.9. The molecule has 0 unspecified atom stereocenters. The third-order valence-electron chi connectivity index (χ3n) is 2.31. The first-order chi connectivity index (χ1) is 8.79. The van der Waals surface area contributed by atoms with Gasteiger partial charge >= 0.3 is 5.97 Å². The fourth-order valence-electron chi connectivity index (χ4n) is 1.46. The maximum Gasteiger partial charge on any atom is 0.346 e. The van der Waals surface area contributed by atoms with Gasteiger partial charge in [0.1, 0.15) is 9.09 Å². The Balaban J connectivity index is 2.34. The third kappa shape index (κ3) is 2.76. The number of carboxylic acids is 1. The topological polar surface area (TPSA) is 101 Å². The molecule has 2 aromatic heterocycles. The highest BCUT2D eigenvalue weighted by atomic mass is 32.2. The Hall–Kier alpha value is -1.87. The van der Waals surface area contributed by atoms with Crippen LogP contribution < -0.4 is 4.72 Å². The molecule has 7 nitrogen and oxygen atoms in total. The van der Waals surface area contributed by atoms with Crippen molar-refractivity contribution in [1.29, 1.82) is 0 Å². The van der Waals surface area contributed by atoms with Gasteiger partial charge in [-0.15, -0.1) is 11.3 Å². The van der Waals surface area contributed by atoms with E-state index in [9.17, 15) is 13.2 Å². The van der Waals surface area contributed by atoms with Crippen LogP contribution in [-0.4, -0.2) is 29.3 Å². The number of aryl methyl sites for hydroxylation is 2. The zero-order chi connectivity index (χ0) is 14.2. The van der Waals surface area contributed by atoms with Crippen LogP contribution in [0.3, 0.4) is 0 Å². The summed E-state index contributed by atoms with van der Waals surface area (Å²) in [5.74, 6) is -0.952. The number of carboxylic acid groups (broad SMARTS) is 1. The molecule has 9 heteroatoms. The lowest BCUT2D eigenvalue weighted by Gasteiger charge is -2.01. The van der Waals surface area contributed by atoms with Gasteiger partial charge in [-0.1, -0.05) is 0 Å². The number of aromatic nitrogens is 2. The van der Waals surface area contributed by atoms with Crippen LogP contribution in [0.4, 0.5) is 5.82 Å². The molecule has 0 amide bonds. The number of rotatable bonds is 4. The quantitative estimate of drug-likeness (QED) is 0.886. The van der Waals surface area contributed by atoms with Crippen molar-refractivity contribution in [3.8, 4) is 0 Å². The van der Waals surface area contributed by atoms with Crippen molar-refractivity contribution in [1.82, 2.24) is 9.78 Å². The highest BCUT2D eigenvalue weighted by Gasteiger charge is 2.22. The van der Waals surface area contributed by atoms with E-state index in [4.69, 9.17) is 5.11 Å². The van der Waals surface area contributed by atoms with E-state index >= 15 is 0 Å². The first-order valence-electron chi connectivity index (χ1n) is 5.16. The molecule has 2 N–H and O–H groups in total. The molecule has 0 aliphatic rings. The predicted octanol–water partition coefficient (Wildman–Crippen LogP) is 1.29. The van der Waals surface area contributed by atoms with Gasteiger partial charge in [0.05, 0.1) is 0 Å². The van der Waals surface area contributed by atoms with Crippen LogP contribution in [0.5, 0.6) is 0 Å². The zero-order valence-electron chi connectivity index (χ0n) is 10.1. The number of aromatic carboxylic acids is 1. The Morgan fingerprint density at radius 1 is 1.53 bits per heavy atom. The maximum absolute atomic E-state index is 12.1. The highest BCUT2D eigenvalue weighted by molar-refractivity contribution is 7.94. The molecule has 19 heavy (non-hydrogen) atoms. The Morgan fingerprint density at radius 3 is 2.68 bits per heavy atom. The second kappa shape index (κ2) is 4.67. The van der Waals surface area contributed by atoms with Crippen molar-refractivity contribution in [2.24, 2.45) is 7.05 Å². The van der Waals surface area contributed by atoms with Crippen LogP contribution in [0.25, 0.3) is 0 Å². The van der Waals surface area contributed by atoms with Crippen LogP contribution in [-0.2, 0) is 17.1 Å². The van der Waals surface area contributed by atoms with Gasteiger partial charge < -0.3 is 5.11 Å². The zero-order valence-corrected chi connectivity index (χ0v) is 11.7. The van der Waals surface area contributed by atoms with E-state index in [1.165, 1.54) is 16.8 Å². The van der Waals surface area contributed by atoms with E-state index in [0.29, 0.717) is 16.9 Å². The second-order valence-corrected chi connectivity index (χ2v) is 6.82. The molecular formula is C10H11N3O4S2. The lowest BCUT2D eigenvalue weighted by molar-refractivity contribution is 0.0701. The molecule has 0 aliphatic heterocycles. The summed E-state index contributed by atoms with van der Waals surface area (Å²) in [6.45, 7) is 1.56. The van der Waals surface area contributed by atoms with E-state index in [-0.39, 0.29) is 14.9 Å². The van der Waals surface area contributed by atoms with E-state index in [1.807, 2.05) is 0 Å². The van der Waals surface area contributed by atoms with Gasteiger partial charge in [0.25, 0.3) is 10.0 Å². The monoisotopic (exact) mass is 301 g/mol. The highest BCUT2D eigenvalue weighted by Crippen LogP contribution is 2.27. The predicted molar refractivity (Wildman–Crippen MR) is 70.0 cm³/mol. The van der Waals surface area contributed by atoms with Crippen LogP contribution in [0.2, 0.25) is 0 Å². The summed E-state index contributed by atoms with van der Waals surface area (Å²) < 4.78 is 27.8. The molecule has 0 fully saturated rings. The van der Waals surface area contributed by atoms with Crippen LogP contribution in [0.1, 0.15) is 15.2 Å². The van der Waals surface area contributed by atoms with Crippen molar-refractivity contribution in [3.05, 3.63) is 28.8 Å². The number of nitrogens with one attached hydrogen (secondary N) is 1. The second-order valence-electron chi connectivity index (χ2n) is 3.86. The SMILES string of the molecule is Cc1cc(S(=O)(=O)Nc2ccn(C)n2)sc1C(=O)O. The number of hydrogen-bond donors (Lipinski definition) is 2. The van der Waals surface area contributed by atoms with E-state index in [0.717, 1.165) is 0 Å². The summed E-state index contributed by atoms with van der Waals surface area (Å²) in [7, 11) is -2.14. The summed E-state index contributed by atoms with van der Waals surface area (Å²) in [5.41, 5.74) is 0.416. The Bertz CT molecular complexity index is 730. The van der Waals surface area contributed by atoms with E-state index in [2.05, 4.69) is 9.82 Å². The summed E-state index contributed by atoms with van der Waals surface area (Å²) in [6.07, 6.45) is 1.60. The smallest absolute Gasteiger partial charge is 0.346 e.